The first-order valence-corrected chi connectivity index (χ1v) is 7.33. The lowest BCUT2D eigenvalue weighted by atomic mass is 10.1. The number of furan rings is 1. The van der Waals surface area contributed by atoms with Gasteiger partial charge < -0.3 is 13.9 Å². The number of hydrogen-bond acceptors (Lipinski definition) is 3. The van der Waals surface area contributed by atoms with Crippen molar-refractivity contribution in [2.24, 2.45) is 7.05 Å². The molecule has 0 spiro atoms. The summed E-state index contributed by atoms with van der Waals surface area (Å²) in [7, 11) is 4.18. The highest BCUT2D eigenvalue weighted by atomic mass is 16.3. The average molecular weight is 283 g/mol. The molecule has 1 unspecified atom stereocenters. The van der Waals surface area contributed by atoms with Crippen molar-refractivity contribution >= 4 is 17.0 Å². The Labute approximate surface area is 125 Å². The van der Waals surface area contributed by atoms with E-state index < -0.39 is 0 Å². The van der Waals surface area contributed by atoms with Crippen LogP contribution < -0.4 is 4.90 Å². The first kappa shape index (κ1) is 13.7. The molecule has 21 heavy (non-hydrogen) atoms. The molecule has 0 aliphatic carbocycles. The Balaban J connectivity index is 1.76. The Morgan fingerprint density at radius 1 is 1.24 bits per heavy atom. The third-order valence-electron chi connectivity index (χ3n) is 4.13. The smallest absolute Gasteiger partial charge is 0.206 e. The second-order valence-electron chi connectivity index (χ2n) is 5.54. The van der Waals surface area contributed by atoms with Crippen LogP contribution in [0, 0.1) is 0 Å². The molecule has 0 saturated heterocycles. The molecule has 2 aromatic heterocycles. The fourth-order valence-electron chi connectivity index (χ4n) is 2.65. The summed E-state index contributed by atoms with van der Waals surface area (Å²) in [5.41, 5.74) is 2.21. The van der Waals surface area contributed by atoms with E-state index in [0.29, 0.717) is 6.04 Å². The Bertz CT molecular complexity index is 715. The third kappa shape index (κ3) is 2.66. The van der Waals surface area contributed by atoms with Gasteiger partial charge in [0.1, 0.15) is 5.76 Å². The highest BCUT2D eigenvalue weighted by Gasteiger charge is 2.16. The number of benzene rings is 1. The minimum atomic E-state index is 0.394. The second-order valence-corrected chi connectivity index (χ2v) is 5.54. The predicted octanol–water partition coefficient (Wildman–Crippen LogP) is 3.62. The number of rotatable bonds is 5. The molecule has 0 radical (unpaired) electrons. The van der Waals surface area contributed by atoms with Gasteiger partial charge in [0.05, 0.1) is 17.3 Å². The number of aryl methyl sites for hydroxylation is 2. The molecule has 0 N–H and O–H groups in total. The molecule has 1 aromatic carbocycles. The van der Waals surface area contributed by atoms with E-state index in [9.17, 15) is 0 Å². The van der Waals surface area contributed by atoms with Crippen LogP contribution in [0.1, 0.15) is 19.1 Å². The molecular formula is C17H21N3O. The first-order valence-electron chi connectivity index (χ1n) is 7.33. The van der Waals surface area contributed by atoms with Crippen LogP contribution in [0.3, 0.4) is 0 Å². The maximum absolute atomic E-state index is 5.40. The standard InChI is InChI=1S/C17H21N3O/c1-13(10-11-14-7-6-12-21-14)19(2)17-18-15-8-4-5-9-16(15)20(17)3/h4-9,12-13H,10-11H2,1-3H3. The summed E-state index contributed by atoms with van der Waals surface area (Å²) in [5, 5.41) is 0. The molecule has 2 heterocycles. The zero-order chi connectivity index (χ0) is 14.8. The van der Waals surface area contributed by atoms with Gasteiger partial charge in [-0.05, 0) is 37.6 Å². The fourth-order valence-corrected chi connectivity index (χ4v) is 2.65. The molecule has 0 fully saturated rings. The second kappa shape index (κ2) is 5.64. The van der Waals surface area contributed by atoms with Crippen molar-refractivity contribution in [3.05, 3.63) is 48.4 Å². The van der Waals surface area contributed by atoms with Gasteiger partial charge in [-0.3, -0.25) is 0 Å². The summed E-state index contributed by atoms with van der Waals surface area (Å²) in [6.45, 7) is 2.22. The van der Waals surface area contributed by atoms with Gasteiger partial charge in [0.25, 0.3) is 0 Å². The van der Waals surface area contributed by atoms with E-state index in [1.165, 1.54) is 0 Å². The summed E-state index contributed by atoms with van der Waals surface area (Å²) < 4.78 is 7.55. The lowest BCUT2D eigenvalue weighted by molar-refractivity contribution is 0.485. The van der Waals surface area contributed by atoms with Crippen molar-refractivity contribution in [2.75, 3.05) is 11.9 Å². The summed E-state index contributed by atoms with van der Waals surface area (Å²) >= 11 is 0. The Hall–Kier alpha value is -2.23. The van der Waals surface area contributed by atoms with Crippen LogP contribution in [-0.2, 0) is 13.5 Å². The van der Waals surface area contributed by atoms with Crippen molar-refractivity contribution in [2.45, 2.75) is 25.8 Å². The van der Waals surface area contributed by atoms with Gasteiger partial charge in [-0.15, -0.1) is 0 Å². The number of nitrogens with zero attached hydrogens (tertiary/aromatic N) is 3. The van der Waals surface area contributed by atoms with Gasteiger partial charge in [-0.2, -0.15) is 0 Å². The van der Waals surface area contributed by atoms with E-state index in [1.807, 2.05) is 24.3 Å². The molecule has 0 aliphatic rings. The molecule has 1 atom stereocenters. The van der Waals surface area contributed by atoms with Crippen molar-refractivity contribution in [3.8, 4) is 0 Å². The number of aromatic nitrogens is 2. The van der Waals surface area contributed by atoms with Crippen LogP contribution >= 0.6 is 0 Å². The number of imidazole rings is 1. The van der Waals surface area contributed by atoms with Crippen molar-refractivity contribution in [3.63, 3.8) is 0 Å². The van der Waals surface area contributed by atoms with Crippen LogP contribution in [0.2, 0.25) is 0 Å². The van der Waals surface area contributed by atoms with E-state index in [4.69, 9.17) is 9.40 Å². The van der Waals surface area contributed by atoms with Gasteiger partial charge in [0.2, 0.25) is 5.95 Å². The molecule has 4 nitrogen and oxygen atoms in total. The monoisotopic (exact) mass is 283 g/mol. The Morgan fingerprint density at radius 3 is 2.76 bits per heavy atom. The number of hydrogen-bond donors (Lipinski definition) is 0. The highest BCUT2D eigenvalue weighted by molar-refractivity contribution is 5.78. The first-order chi connectivity index (χ1) is 10.2. The topological polar surface area (TPSA) is 34.2 Å². The van der Waals surface area contributed by atoms with Crippen molar-refractivity contribution in [1.82, 2.24) is 9.55 Å². The van der Waals surface area contributed by atoms with Gasteiger partial charge in [-0.1, -0.05) is 12.1 Å². The lowest BCUT2D eigenvalue weighted by Gasteiger charge is -2.25. The summed E-state index contributed by atoms with van der Waals surface area (Å²) in [4.78, 5) is 6.98. The average Bonchev–Trinajstić information content (AvgIpc) is 3.13. The Morgan fingerprint density at radius 2 is 2.05 bits per heavy atom. The van der Waals surface area contributed by atoms with Gasteiger partial charge in [0.15, 0.2) is 0 Å². The molecule has 3 rings (SSSR count). The van der Waals surface area contributed by atoms with E-state index in [2.05, 4.69) is 42.6 Å². The van der Waals surface area contributed by atoms with Crippen molar-refractivity contribution in [1.29, 1.82) is 0 Å². The molecule has 0 amide bonds. The molecule has 110 valence electrons. The maximum atomic E-state index is 5.40. The number of anilines is 1. The zero-order valence-corrected chi connectivity index (χ0v) is 12.8. The van der Waals surface area contributed by atoms with Crippen LogP contribution in [0.25, 0.3) is 11.0 Å². The normalized spacial score (nSPS) is 12.7. The van der Waals surface area contributed by atoms with Crippen LogP contribution in [0.5, 0.6) is 0 Å². The lowest BCUT2D eigenvalue weighted by Crippen LogP contribution is -2.31. The number of para-hydroxylation sites is 2. The van der Waals surface area contributed by atoms with Crippen LogP contribution in [-0.4, -0.2) is 22.6 Å². The molecule has 0 bridgehead atoms. The van der Waals surface area contributed by atoms with E-state index >= 15 is 0 Å². The molecular weight excluding hydrogens is 262 g/mol. The Kier molecular flexibility index (Phi) is 3.69. The zero-order valence-electron chi connectivity index (χ0n) is 12.8. The molecule has 4 heteroatoms. The minimum absolute atomic E-state index is 0.394. The van der Waals surface area contributed by atoms with Gasteiger partial charge in [0, 0.05) is 26.6 Å². The quantitative estimate of drug-likeness (QED) is 0.717. The van der Waals surface area contributed by atoms with Gasteiger partial charge >= 0.3 is 0 Å². The van der Waals surface area contributed by atoms with Crippen molar-refractivity contribution < 1.29 is 4.42 Å². The molecule has 3 aromatic rings. The summed E-state index contributed by atoms with van der Waals surface area (Å²) in [6.07, 6.45) is 3.71. The summed E-state index contributed by atoms with van der Waals surface area (Å²) in [6, 6.07) is 12.6. The SMILES string of the molecule is CC(CCc1ccco1)N(C)c1nc2ccccc2n1C. The van der Waals surface area contributed by atoms with E-state index in [1.54, 1.807) is 6.26 Å². The van der Waals surface area contributed by atoms with Gasteiger partial charge in [-0.25, -0.2) is 4.98 Å². The van der Waals surface area contributed by atoms with E-state index in [-0.39, 0.29) is 0 Å². The van der Waals surface area contributed by atoms with Crippen LogP contribution in [0.15, 0.2) is 47.1 Å². The third-order valence-corrected chi connectivity index (χ3v) is 4.13. The largest absolute Gasteiger partial charge is 0.469 e. The molecule has 0 aliphatic heterocycles. The maximum Gasteiger partial charge on any atom is 0.206 e. The predicted molar refractivity (Wildman–Crippen MR) is 85.6 cm³/mol. The summed E-state index contributed by atoms with van der Waals surface area (Å²) in [5.74, 6) is 2.04. The fraction of sp³-hybridized carbons (Fsp3) is 0.353. The minimum Gasteiger partial charge on any atom is -0.469 e. The van der Waals surface area contributed by atoms with E-state index in [0.717, 1.165) is 35.6 Å². The number of fused-ring (bicyclic) bond motifs is 1. The molecule has 0 saturated carbocycles. The highest BCUT2D eigenvalue weighted by Crippen LogP contribution is 2.22. The van der Waals surface area contributed by atoms with Crippen LogP contribution in [0.4, 0.5) is 5.95 Å².